The zero-order chi connectivity index (χ0) is 20.1. The van der Waals surface area contributed by atoms with E-state index < -0.39 is 0 Å². The third-order valence-corrected chi connectivity index (χ3v) is 5.36. The van der Waals surface area contributed by atoms with Crippen LogP contribution in [0.2, 0.25) is 5.02 Å². The molecule has 1 aromatic heterocycles. The number of nitrogens with one attached hydrogen (secondary N) is 1. The Balaban J connectivity index is 1.68. The van der Waals surface area contributed by atoms with Crippen LogP contribution >= 0.6 is 23.4 Å². The molecule has 2 aromatic carbocycles. The Morgan fingerprint density at radius 2 is 2.04 bits per heavy atom. The zero-order valence-electron chi connectivity index (χ0n) is 16.0. The second-order valence-electron chi connectivity index (χ2n) is 6.78. The van der Waals surface area contributed by atoms with Crippen molar-refractivity contribution >= 4 is 35.0 Å². The van der Waals surface area contributed by atoms with Gasteiger partial charge in [0.1, 0.15) is 0 Å². The molecule has 0 unspecified atom stereocenters. The first-order valence-electron chi connectivity index (χ1n) is 8.99. The van der Waals surface area contributed by atoms with E-state index in [9.17, 15) is 4.79 Å². The fourth-order valence-corrected chi connectivity index (χ4v) is 3.64. The van der Waals surface area contributed by atoms with Gasteiger partial charge in [-0.05, 0) is 36.2 Å². The van der Waals surface area contributed by atoms with E-state index in [1.807, 2.05) is 63.2 Å². The zero-order valence-corrected chi connectivity index (χ0v) is 17.6. The number of nitrogens with zero attached hydrogens (tertiary/aromatic N) is 2. The van der Waals surface area contributed by atoms with Crippen LogP contribution in [0.4, 0.5) is 5.69 Å². The maximum absolute atomic E-state index is 12.5. The van der Waals surface area contributed by atoms with Crippen LogP contribution in [0.1, 0.15) is 36.7 Å². The molecular weight excluding hydrogens is 394 g/mol. The minimum atomic E-state index is -0.0776. The van der Waals surface area contributed by atoms with E-state index in [-0.39, 0.29) is 11.8 Å². The normalized spacial score (nSPS) is 11.0. The highest BCUT2D eigenvalue weighted by Crippen LogP contribution is 2.30. The van der Waals surface area contributed by atoms with Gasteiger partial charge in [-0.15, -0.1) is 11.8 Å². The van der Waals surface area contributed by atoms with Crippen LogP contribution in [0.25, 0.3) is 11.5 Å². The Morgan fingerprint density at radius 1 is 1.25 bits per heavy atom. The summed E-state index contributed by atoms with van der Waals surface area (Å²) in [6.45, 7) is 5.95. The Bertz CT molecular complexity index is 972. The highest BCUT2D eigenvalue weighted by molar-refractivity contribution is 7.99. The minimum absolute atomic E-state index is 0.0776. The van der Waals surface area contributed by atoms with Crippen molar-refractivity contribution in [3.8, 4) is 11.5 Å². The average molecular weight is 416 g/mol. The molecule has 0 atom stereocenters. The number of thioether (sulfide) groups is 1. The third kappa shape index (κ3) is 5.14. The van der Waals surface area contributed by atoms with Crippen molar-refractivity contribution in [3.63, 3.8) is 0 Å². The van der Waals surface area contributed by atoms with Gasteiger partial charge < -0.3 is 9.84 Å². The molecule has 0 fully saturated rings. The lowest BCUT2D eigenvalue weighted by atomic mass is 10.1. The summed E-state index contributed by atoms with van der Waals surface area (Å²) >= 11 is 7.54. The fraction of sp³-hybridized carbons (Fsp3) is 0.286. The first-order valence-corrected chi connectivity index (χ1v) is 10.5. The van der Waals surface area contributed by atoms with Crippen molar-refractivity contribution in [2.45, 2.75) is 32.4 Å². The highest BCUT2D eigenvalue weighted by Gasteiger charge is 2.17. The second kappa shape index (κ2) is 9.26. The standard InChI is InChI=1S/C21H22ClN3O2S/c1-13(2)20-24-21(27-25-20)17-9-4-6-14(3)19(17)23-18(26)12-28-11-15-7-5-8-16(22)10-15/h4-10,13H,11-12H2,1-3H3,(H,23,26). The lowest BCUT2D eigenvalue weighted by molar-refractivity contribution is -0.113. The van der Waals surface area contributed by atoms with Gasteiger partial charge in [-0.25, -0.2) is 0 Å². The predicted octanol–water partition coefficient (Wildman–Crippen LogP) is 5.69. The number of hydrogen-bond donors (Lipinski definition) is 1. The van der Waals surface area contributed by atoms with Crippen LogP contribution in [-0.2, 0) is 10.5 Å². The first kappa shape index (κ1) is 20.4. The van der Waals surface area contributed by atoms with Crippen molar-refractivity contribution in [3.05, 3.63) is 64.4 Å². The molecular formula is C21H22ClN3O2S. The Labute approximate surface area is 173 Å². The number of anilines is 1. The fourth-order valence-electron chi connectivity index (χ4n) is 2.65. The SMILES string of the molecule is Cc1cccc(-c2nc(C(C)C)no2)c1NC(=O)CSCc1cccc(Cl)c1. The number of aromatic nitrogens is 2. The van der Waals surface area contributed by atoms with E-state index in [1.165, 1.54) is 11.8 Å². The van der Waals surface area contributed by atoms with E-state index in [0.29, 0.717) is 28.2 Å². The number of carbonyl (C=O) groups excluding carboxylic acids is 1. The molecule has 1 N–H and O–H groups in total. The maximum atomic E-state index is 12.5. The number of para-hydroxylation sites is 1. The molecule has 5 nitrogen and oxygen atoms in total. The molecule has 1 amide bonds. The minimum Gasteiger partial charge on any atom is -0.334 e. The van der Waals surface area contributed by atoms with Gasteiger partial charge in [0, 0.05) is 16.7 Å². The highest BCUT2D eigenvalue weighted by atomic mass is 35.5. The number of amides is 1. The van der Waals surface area contributed by atoms with E-state index in [4.69, 9.17) is 16.1 Å². The second-order valence-corrected chi connectivity index (χ2v) is 8.20. The molecule has 0 spiro atoms. The van der Waals surface area contributed by atoms with Gasteiger partial charge in [0.2, 0.25) is 5.91 Å². The summed E-state index contributed by atoms with van der Waals surface area (Å²) in [4.78, 5) is 16.9. The number of aryl methyl sites for hydroxylation is 1. The topological polar surface area (TPSA) is 68.0 Å². The predicted molar refractivity (Wildman–Crippen MR) is 115 cm³/mol. The summed E-state index contributed by atoms with van der Waals surface area (Å²) < 4.78 is 5.41. The van der Waals surface area contributed by atoms with Crippen LogP contribution in [0.3, 0.4) is 0 Å². The Hall–Kier alpha value is -2.31. The molecule has 0 aliphatic carbocycles. The Kier molecular flexibility index (Phi) is 6.75. The average Bonchev–Trinajstić information content (AvgIpc) is 3.14. The largest absolute Gasteiger partial charge is 0.334 e. The summed E-state index contributed by atoms with van der Waals surface area (Å²) in [7, 11) is 0. The molecule has 0 bridgehead atoms. The monoisotopic (exact) mass is 415 g/mol. The number of halogens is 1. The smallest absolute Gasteiger partial charge is 0.260 e. The summed E-state index contributed by atoms with van der Waals surface area (Å²) in [5.41, 5.74) is 3.46. The molecule has 7 heteroatoms. The van der Waals surface area contributed by atoms with E-state index in [2.05, 4.69) is 15.5 Å². The van der Waals surface area contributed by atoms with Gasteiger partial charge >= 0.3 is 0 Å². The lowest BCUT2D eigenvalue weighted by Crippen LogP contribution is -2.15. The molecule has 0 aliphatic rings. The Morgan fingerprint density at radius 3 is 2.75 bits per heavy atom. The lowest BCUT2D eigenvalue weighted by Gasteiger charge is -2.11. The van der Waals surface area contributed by atoms with Gasteiger partial charge in [0.25, 0.3) is 5.89 Å². The van der Waals surface area contributed by atoms with Gasteiger partial charge in [-0.1, -0.05) is 54.9 Å². The van der Waals surface area contributed by atoms with Crippen LogP contribution in [0.15, 0.2) is 47.0 Å². The number of hydrogen-bond acceptors (Lipinski definition) is 5. The van der Waals surface area contributed by atoms with Crippen molar-refractivity contribution < 1.29 is 9.32 Å². The molecule has 0 saturated carbocycles. The van der Waals surface area contributed by atoms with Crippen LogP contribution in [0, 0.1) is 6.92 Å². The van der Waals surface area contributed by atoms with Gasteiger partial charge in [-0.2, -0.15) is 4.98 Å². The summed E-state index contributed by atoms with van der Waals surface area (Å²) in [5, 5.41) is 7.72. The molecule has 146 valence electrons. The molecule has 1 heterocycles. The van der Waals surface area contributed by atoms with Crippen molar-refractivity contribution in [2.75, 3.05) is 11.1 Å². The summed E-state index contributed by atoms with van der Waals surface area (Å²) in [5.74, 6) is 2.20. The van der Waals surface area contributed by atoms with Crippen molar-refractivity contribution in [1.82, 2.24) is 10.1 Å². The molecule has 3 rings (SSSR count). The van der Waals surface area contributed by atoms with Crippen LogP contribution in [0.5, 0.6) is 0 Å². The van der Waals surface area contributed by atoms with Gasteiger partial charge in [0.15, 0.2) is 5.82 Å². The molecule has 0 saturated heterocycles. The van der Waals surface area contributed by atoms with Crippen LogP contribution < -0.4 is 5.32 Å². The summed E-state index contributed by atoms with van der Waals surface area (Å²) in [6, 6.07) is 13.4. The van der Waals surface area contributed by atoms with Gasteiger partial charge in [0.05, 0.1) is 17.0 Å². The molecule has 3 aromatic rings. The summed E-state index contributed by atoms with van der Waals surface area (Å²) in [6.07, 6.45) is 0. The van der Waals surface area contributed by atoms with E-state index >= 15 is 0 Å². The van der Waals surface area contributed by atoms with Crippen molar-refractivity contribution in [1.29, 1.82) is 0 Å². The molecule has 0 radical (unpaired) electrons. The van der Waals surface area contributed by atoms with E-state index in [1.54, 1.807) is 0 Å². The van der Waals surface area contributed by atoms with Crippen molar-refractivity contribution in [2.24, 2.45) is 0 Å². The third-order valence-electron chi connectivity index (χ3n) is 4.12. The van der Waals surface area contributed by atoms with Crippen LogP contribution in [-0.4, -0.2) is 21.8 Å². The number of benzene rings is 2. The number of carbonyl (C=O) groups is 1. The number of rotatable bonds is 7. The van der Waals surface area contributed by atoms with E-state index in [0.717, 1.165) is 22.4 Å². The first-order chi connectivity index (χ1) is 13.4. The quantitative estimate of drug-likeness (QED) is 0.536. The maximum Gasteiger partial charge on any atom is 0.260 e. The molecule has 28 heavy (non-hydrogen) atoms. The molecule has 0 aliphatic heterocycles. The van der Waals surface area contributed by atoms with Gasteiger partial charge in [-0.3, -0.25) is 4.79 Å².